The molecule has 14 heavy (non-hydrogen) atoms. The van der Waals surface area contributed by atoms with Crippen LogP contribution >= 0.6 is 15.9 Å². The molecule has 0 aliphatic carbocycles. The molecule has 1 nitrogen and oxygen atoms in total. The molecule has 0 aliphatic rings. The van der Waals surface area contributed by atoms with Gasteiger partial charge in [-0.1, -0.05) is 28.1 Å². The summed E-state index contributed by atoms with van der Waals surface area (Å²) < 4.78 is 37.5. The van der Waals surface area contributed by atoms with Crippen LogP contribution in [0.15, 0.2) is 28.7 Å². The summed E-state index contributed by atoms with van der Waals surface area (Å²) in [6.45, 7) is 0. The highest BCUT2D eigenvalue weighted by Crippen LogP contribution is 2.34. The van der Waals surface area contributed by atoms with Crippen molar-refractivity contribution >= 4 is 15.9 Å². The van der Waals surface area contributed by atoms with Gasteiger partial charge >= 0.3 is 6.18 Å². The lowest BCUT2D eigenvalue weighted by Gasteiger charge is -2.13. The average Bonchev–Trinajstić information content (AvgIpc) is 2.07. The summed E-state index contributed by atoms with van der Waals surface area (Å²) in [7, 11) is 0. The highest BCUT2D eigenvalue weighted by Gasteiger charge is 2.40. The van der Waals surface area contributed by atoms with Crippen molar-refractivity contribution in [3.05, 3.63) is 34.3 Å². The Hall–Kier alpha value is -1.02. The molecular weight excluding hydrogens is 259 g/mol. The number of rotatable bonds is 1. The maximum absolute atomic E-state index is 12.3. The van der Waals surface area contributed by atoms with Gasteiger partial charge in [-0.25, -0.2) is 0 Å². The number of hydrogen-bond acceptors (Lipinski definition) is 1. The van der Waals surface area contributed by atoms with Crippen LogP contribution in [0.3, 0.4) is 0 Å². The quantitative estimate of drug-likeness (QED) is 0.759. The molecule has 0 aromatic heterocycles. The highest BCUT2D eigenvalue weighted by molar-refractivity contribution is 9.10. The van der Waals surface area contributed by atoms with Gasteiger partial charge in [-0.15, -0.1) is 0 Å². The summed E-state index contributed by atoms with van der Waals surface area (Å²) >= 11 is 3.10. The molecule has 0 saturated heterocycles. The van der Waals surface area contributed by atoms with E-state index >= 15 is 0 Å². The molecule has 0 N–H and O–H groups in total. The molecule has 1 unspecified atom stereocenters. The van der Waals surface area contributed by atoms with Crippen molar-refractivity contribution in [2.24, 2.45) is 0 Å². The van der Waals surface area contributed by atoms with Gasteiger partial charge in [-0.3, -0.25) is 0 Å². The fourth-order valence-electron chi connectivity index (χ4n) is 0.992. The summed E-state index contributed by atoms with van der Waals surface area (Å²) in [5.41, 5.74) is -0.0387. The van der Waals surface area contributed by atoms with Crippen LogP contribution < -0.4 is 0 Å². The number of alkyl halides is 3. The van der Waals surface area contributed by atoms with E-state index in [4.69, 9.17) is 5.26 Å². The topological polar surface area (TPSA) is 23.8 Å². The molecule has 5 heteroatoms. The second-order valence-corrected chi connectivity index (χ2v) is 3.57. The average molecular weight is 264 g/mol. The van der Waals surface area contributed by atoms with Crippen molar-refractivity contribution in [1.82, 2.24) is 0 Å². The van der Waals surface area contributed by atoms with E-state index in [-0.39, 0.29) is 5.56 Å². The van der Waals surface area contributed by atoms with Crippen molar-refractivity contribution in [3.8, 4) is 6.07 Å². The lowest BCUT2D eigenvalue weighted by Crippen LogP contribution is -2.18. The van der Waals surface area contributed by atoms with E-state index in [0.717, 1.165) is 0 Å². The third-order valence-corrected chi connectivity index (χ3v) is 2.19. The first-order valence-electron chi connectivity index (χ1n) is 3.67. The van der Waals surface area contributed by atoms with Gasteiger partial charge in [0, 0.05) is 4.47 Å². The molecule has 1 aromatic carbocycles. The van der Waals surface area contributed by atoms with Gasteiger partial charge in [0.1, 0.15) is 0 Å². The van der Waals surface area contributed by atoms with Crippen molar-refractivity contribution in [2.45, 2.75) is 12.1 Å². The van der Waals surface area contributed by atoms with Gasteiger partial charge in [0.25, 0.3) is 0 Å². The van der Waals surface area contributed by atoms with Gasteiger partial charge in [0.2, 0.25) is 0 Å². The Balaban J connectivity index is 3.04. The van der Waals surface area contributed by atoms with Crippen LogP contribution in [0.1, 0.15) is 11.5 Å². The first kappa shape index (κ1) is 11.1. The Bertz CT molecular complexity index is 350. The van der Waals surface area contributed by atoms with Crippen LogP contribution in [0.25, 0.3) is 0 Å². The second kappa shape index (κ2) is 4.01. The van der Waals surface area contributed by atoms with Crippen LogP contribution in [0.5, 0.6) is 0 Å². The van der Waals surface area contributed by atoms with E-state index in [1.54, 1.807) is 0 Å². The molecule has 0 amide bonds. The maximum Gasteiger partial charge on any atom is 0.408 e. The SMILES string of the molecule is N#CC(c1ccc(Br)cc1)C(F)(F)F. The van der Waals surface area contributed by atoms with E-state index in [1.165, 1.54) is 30.3 Å². The van der Waals surface area contributed by atoms with Gasteiger partial charge in [-0.05, 0) is 17.7 Å². The van der Waals surface area contributed by atoms with E-state index in [0.29, 0.717) is 4.47 Å². The van der Waals surface area contributed by atoms with E-state index < -0.39 is 12.1 Å². The molecule has 0 radical (unpaired) electrons. The fraction of sp³-hybridized carbons (Fsp3) is 0.222. The maximum atomic E-state index is 12.3. The van der Waals surface area contributed by atoms with Crippen molar-refractivity contribution in [1.29, 1.82) is 5.26 Å². The third kappa shape index (κ3) is 2.48. The molecule has 1 rings (SSSR count). The molecule has 0 saturated carbocycles. The smallest absolute Gasteiger partial charge is 0.197 e. The van der Waals surface area contributed by atoms with Crippen LogP contribution in [0.2, 0.25) is 0 Å². The molecule has 1 aromatic rings. The minimum atomic E-state index is -4.51. The molecule has 0 fully saturated rings. The predicted molar refractivity (Wildman–Crippen MR) is 48.6 cm³/mol. The summed E-state index contributed by atoms with van der Waals surface area (Å²) in [6, 6.07) is 6.76. The first-order chi connectivity index (χ1) is 6.45. The Kier molecular flexibility index (Phi) is 3.17. The number of halogens is 4. The number of nitrogens with zero attached hydrogens (tertiary/aromatic N) is 1. The van der Waals surface area contributed by atoms with Gasteiger partial charge in [0.05, 0.1) is 6.07 Å². The van der Waals surface area contributed by atoms with Gasteiger partial charge in [0.15, 0.2) is 5.92 Å². The van der Waals surface area contributed by atoms with Gasteiger partial charge in [-0.2, -0.15) is 18.4 Å². The van der Waals surface area contributed by atoms with Crippen LogP contribution in [0, 0.1) is 11.3 Å². The molecule has 1 atom stereocenters. The number of benzene rings is 1. The van der Waals surface area contributed by atoms with Crippen molar-refractivity contribution < 1.29 is 13.2 Å². The summed E-state index contributed by atoms with van der Waals surface area (Å²) in [5, 5.41) is 8.40. The van der Waals surface area contributed by atoms with Crippen molar-refractivity contribution in [2.75, 3.05) is 0 Å². The van der Waals surface area contributed by atoms with E-state index in [1.807, 2.05) is 0 Å². The second-order valence-electron chi connectivity index (χ2n) is 2.66. The van der Waals surface area contributed by atoms with E-state index in [2.05, 4.69) is 15.9 Å². The molecule has 0 spiro atoms. The molecule has 0 aliphatic heterocycles. The Morgan fingerprint density at radius 2 is 1.71 bits per heavy atom. The molecule has 0 bridgehead atoms. The summed E-state index contributed by atoms with van der Waals surface area (Å²) in [5.74, 6) is -2.05. The largest absolute Gasteiger partial charge is 0.408 e. The molecular formula is C9H5BrF3N. The minimum Gasteiger partial charge on any atom is -0.197 e. The Labute approximate surface area is 87.3 Å². The number of nitriles is 1. The fourth-order valence-corrected chi connectivity index (χ4v) is 1.26. The van der Waals surface area contributed by atoms with E-state index in [9.17, 15) is 13.2 Å². The Morgan fingerprint density at radius 1 is 1.21 bits per heavy atom. The predicted octanol–water partition coefficient (Wildman–Crippen LogP) is 3.62. The van der Waals surface area contributed by atoms with Crippen LogP contribution in [0.4, 0.5) is 13.2 Å². The molecule has 0 heterocycles. The summed E-state index contributed by atoms with van der Waals surface area (Å²) in [4.78, 5) is 0. The lowest BCUT2D eigenvalue weighted by atomic mass is 10.0. The highest BCUT2D eigenvalue weighted by atomic mass is 79.9. The minimum absolute atomic E-state index is 0.0387. The zero-order valence-electron chi connectivity index (χ0n) is 6.85. The van der Waals surface area contributed by atoms with Crippen LogP contribution in [-0.4, -0.2) is 6.18 Å². The van der Waals surface area contributed by atoms with Crippen LogP contribution in [-0.2, 0) is 0 Å². The first-order valence-corrected chi connectivity index (χ1v) is 4.46. The Morgan fingerprint density at radius 3 is 2.07 bits per heavy atom. The van der Waals surface area contributed by atoms with Gasteiger partial charge < -0.3 is 0 Å². The summed E-state index contributed by atoms with van der Waals surface area (Å²) in [6.07, 6.45) is -4.51. The third-order valence-electron chi connectivity index (χ3n) is 1.66. The van der Waals surface area contributed by atoms with Crippen molar-refractivity contribution in [3.63, 3.8) is 0 Å². The normalized spacial score (nSPS) is 13.4. The zero-order valence-corrected chi connectivity index (χ0v) is 8.43. The molecule has 74 valence electrons. The monoisotopic (exact) mass is 263 g/mol. The standard InChI is InChI=1S/C9H5BrF3N/c10-7-3-1-6(2-4-7)8(5-14)9(11,12)13/h1-4,8H. The zero-order chi connectivity index (χ0) is 10.8. The number of hydrogen-bond donors (Lipinski definition) is 0. The lowest BCUT2D eigenvalue weighted by molar-refractivity contribution is -0.137.